The largest absolute Gasteiger partial charge is 0.358 e. The van der Waals surface area contributed by atoms with Gasteiger partial charge in [0.05, 0.1) is 6.42 Å². The van der Waals surface area contributed by atoms with Crippen molar-refractivity contribution in [3.8, 4) is 0 Å². The highest BCUT2D eigenvalue weighted by atomic mass is 32.2. The summed E-state index contributed by atoms with van der Waals surface area (Å²) in [4.78, 5) is 16.8. The molecular formula is C19H20N2OS. The normalized spacial score (nSPS) is 10.8. The molecule has 0 spiro atoms. The molecule has 0 saturated heterocycles. The molecule has 2 N–H and O–H groups in total. The van der Waals surface area contributed by atoms with E-state index in [1.807, 2.05) is 43.3 Å². The number of hydrogen-bond donors (Lipinski definition) is 2. The summed E-state index contributed by atoms with van der Waals surface area (Å²) in [5.41, 5.74) is 3.25. The van der Waals surface area contributed by atoms with Gasteiger partial charge >= 0.3 is 0 Å². The molecule has 118 valence electrons. The van der Waals surface area contributed by atoms with E-state index in [9.17, 15) is 4.79 Å². The number of aromatic amines is 1. The summed E-state index contributed by atoms with van der Waals surface area (Å²) in [5.74, 6) is 0.953. The predicted octanol–water partition coefficient (Wildman–Crippen LogP) is 3.93. The van der Waals surface area contributed by atoms with Gasteiger partial charge in [0.2, 0.25) is 5.91 Å². The number of hydrogen-bond acceptors (Lipinski definition) is 2. The Morgan fingerprint density at radius 2 is 1.83 bits per heavy atom. The highest BCUT2D eigenvalue weighted by Gasteiger charge is 2.11. The number of aromatic nitrogens is 1. The predicted molar refractivity (Wildman–Crippen MR) is 96.9 cm³/mol. The molecule has 1 amide bonds. The van der Waals surface area contributed by atoms with E-state index in [1.54, 1.807) is 11.8 Å². The van der Waals surface area contributed by atoms with Crippen molar-refractivity contribution in [2.24, 2.45) is 0 Å². The minimum Gasteiger partial charge on any atom is -0.358 e. The summed E-state index contributed by atoms with van der Waals surface area (Å²) >= 11 is 1.76. The lowest BCUT2D eigenvalue weighted by Gasteiger charge is -2.06. The Labute approximate surface area is 140 Å². The number of fused-ring (bicyclic) bond motifs is 1. The third-order valence-corrected chi connectivity index (χ3v) is 4.81. The average molecular weight is 324 g/mol. The highest BCUT2D eigenvalue weighted by Crippen LogP contribution is 2.22. The van der Waals surface area contributed by atoms with E-state index in [4.69, 9.17) is 0 Å². The van der Waals surface area contributed by atoms with E-state index < -0.39 is 0 Å². The highest BCUT2D eigenvalue weighted by molar-refractivity contribution is 7.99. The molecule has 23 heavy (non-hydrogen) atoms. The Hall–Kier alpha value is -2.20. The minimum absolute atomic E-state index is 0.0755. The zero-order valence-electron chi connectivity index (χ0n) is 13.1. The zero-order valence-corrected chi connectivity index (χ0v) is 14.0. The van der Waals surface area contributed by atoms with Crippen molar-refractivity contribution < 1.29 is 4.79 Å². The third kappa shape index (κ3) is 3.96. The van der Waals surface area contributed by atoms with Gasteiger partial charge in [-0.05, 0) is 30.7 Å². The van der Waals surface area contributed by atoms with E-state index in [2.05, 4.69) is 28.5 Å². The average Bonchev–Trinajstić information content (AvgIpc) is 2.88. The molecule has 0 fully saturated rings. The molecule has 0 saturated carbocycles. The Bertz CT molecular complexity index is 795. The van der Waals surface area contributed by atoms with Gasteiger partial charge < -0.3 is 10.3 Å². The van der Waals surface area contributed by atoms with Gasteiger partial charge in [-0.25, -0.2) is 0 Å². The van der Waals surface area contributed by atoms with Crippen LogP contribution in [0.4, 0.5) is 0 Å². The molecule has 1 aromatic heterocycles. The lowest BCUT2D eigenvalue weighted by Crippen LogP contribution is -2.27. The quantitative estimate of drug-likeness (QED) is 0.533. The van der Waals surface area contributed by atoms with Crippen LogP contribution in [0.25, 0.3) is 10.9 Å². The van der Waals surface area contributed by atoms with Crippen molar-refractivity contribution >= 4 is 28.6 Å². The number of carbonyl (C=O) groups excluding carboxylic acids is 1. The summed E-state index contributed by atoms with van der Waals surface area (Å²) < 4.78 is 0. The molecule has 3 aromatic rings. The van der Waals surface area contributed by atoms with Gasteiger partial charge in [-0.1, -0.05) is 36.4 Å². The van der Waals surface area contributed by atoms with Gasteiger partial charge in [0.1, 0.15) is 0 Å². The maximum absolute atomic E-state index is 12.2. The van der Waals surface area contributed by atoms with Crippen LogP contribution in [0.1, 0.15) is 11.3 Å². The molecule has 0 aliphatic rings. The Morgan fingerprint density at radius 3 is 2.65 bits per heavy atom. The van der Waals surface area contributed by atoms with E-state index in [0.717, 1.165) is 27.9 Å². The number of thioether (sulfide) groups is 1. The number of rotatable bonds is 6. The van der Waals surface area contributed by atoms with Gasteiger partial charge in [0, 0.05) is 33.8 Å². The first-order valence-electron chi connectivity index (χ1n) is 7.75. The Balaban J connectivity index is 1.52. The number of amides is 1. The lowest BCUT2D eigenvalue weighted by molar-refractivity contribution is -0.120. The van der Waals surface area contributed by atoms with Crippen LogP contribution in [0.5, 0.6) is 0 Å². The molecule has 2 aromatic carbocycles. The molecule has 0 atom stereocenters. The molecule has 0 unspecified atom stereocenters. The summed E-state index contributed by atoms with van der Waals surface area (Å²) in [6, 6.07) is 18.4. The van der Waals surface area contributed by atoms with Crippen molar-refractivity contribution in [3.05, 3.63) is 65.9 Å². The van der Waals surface area contributed by atoms with Crippen molar-refractivity contribution in [3.63, 3.8) is 0 Å². The Morgan fingerprint density at radius 1 is 1.09 bits per heavy atom. The van der Waals surface area contributed by atoms with E-state index >= 15 is 0 Å². The molecule has 3 nitrogen and oxygen atoms in total. The van der Waals surface area contributed by atoms with Crippen LogP contribution in [0, 0.1) is 6.92 Å². The SMILES string of the molecule is Cc1[nH]c2ccccc2c1CC(=O)NCCSc1ccccc1. The first-order valence-corrected chi connectivity index (χ1v) is 8.73. The molecule has 0 aliphatic carbocycles. The molecule has 0 radical (unpaired) electrons. The fraction of sp³-hybridized carbons (Fsp3) is 0.211. The van der Waals surface area contributed by atoms with Crippen molar-refractivity contribution in [2.45, 2.75) is 18.2 Å². The second-order valence-electron chi connectivity index (χ2n) is 5.46. The van der Waals surface area contributed by atoms with Crippen molar-refractivity contribution in [1.82, 2.24) is 10.3 Å². The van der Waals surface area contributed by atoms with Crippen molar-refractivity contribution in [2.75, 3.05) is 12.3 Å². The standard InChI is InChI=1S/C19H20N2OS/c1-14-17(16-9-5-6-10-18(16)21-14)13-19(22)20-11-12-23-15-7-3-2-4-8-15/h2-10,21H,11-13H2,1H3,(H,20,22). The lowest BCUT2D eigenvalue weighted by atomic mass is 10.1. The summed E-state index contributed by atoms with van der Waals surface area (Å²) in [5, 5.41) is 4.15. The van der Waals surface area contributed by atoms with Crippen LogP contribution in [0.15, 0.2) is 59.5 Å². The van der Waals surface area contributed by atoms with Crippen LogP contribution in [0.2, 0.25) is 0 Å². The summed E-state index contributed by atoms with van der Waals surface area (Å²) in [7, 11) is 0. The molecule has 4 heteroatoms. The number of H-pyrrole nitrogens is 1. The van der Waals surface area contributed by atoms with Gasteiger partial charge in [0.25, 0.3) is 0 Å². The maximum atomic E-state index is 12.2. The van der Waals surface area contributed by atoms with Crippen LogP contribution >= 0.6 is 11.8 Å². The number of carbonyl (C=O) groups is 1. The summed E-state index contributed by atoms with van der Waals surface area (Å²) in [6.45, 7) is 2.70. The van der Waals surface area contributed by atoms with Crippen LogP contribution in [-0.2, 0) is 11.2 Å². The monoisotopic (exact) mass is 324 g/mol. The second-order valence-corrected chi connectivity index (χ2v) is 6.63. The molecule has 1 heterocycles. The van der Waals surface area contributed by atoms with Crippen molar-refractivity contribution in [1.29, 1.82) is 0 Å². The molecule has 3 rings (SSSR count). The first kappa shape index (κ1) is 15.7. The van der Waals surface area contributed by atoms with Gasteiger partial charge in [-0.2, -0.15) is 0 Å². The van der Waals surface area contributed by atoms with Gasteiger partial charge in [0.15, 0.2) is 0 Å². The van der Waals surface area contributed by atoms with E-state index in [-0.39, 0.29) is 5.91 Å². The zero-order chi connectivity index (χ0) is 16.1. The van der Waals surface area contributed by atoms with Crippen LogP contribution in [0.3, 0.4) is 0 Å². The maximum Gasteiger partial charge on any atom is 0.224 e. The van der Waals surface area contributed by atoms with Crippen LogP contribution < -0.4 is 5.32 Å². The number of nitrogens with one attached hydrogen (secondary N) is 2. The topological polar surface area (TPSA) is 44.9 Å². The number of para-hydroxylation sites is 1. The first-order chi connectivity index (χ1) is 11.2. The van der Waals surface area contributed by atoms with Gasteiger partial charge in [-0.3, -0.25) is 4.79 Å². The minimum atomic E-state index is 0.0755. The molecule has 0 bridgehead atoms. The fourth-order valence-corrected chi connectivity index (χ4v) is 3.45. The number of benzene rings is 2. The second kappa shape index (κ2) is 7.38. The van der Waals surface area contributed by atoms with E-state index in [1.165, 1.54) is 4.90 Å². The van der Waals surface area contributed by atoms with Gasteiger partial charge in [-0.15, -0.1) is 11.8 Å². The van der Waals surface area contributed by atoms with E-state index in [0.29, 0.717) is 13.0 Å². The Kier molecular flexibility index (Phi) is 5.03. The molecule has 0 aliphatic heterocycles. The number of aryl methyl sites for hydroxylation is 1. The van der Waals surface area contributed by atoms with Crippen LogP contribution in [-0.4, -0.2) is 23.2 Å². The third-order valence-electron chi connectivity index (χ3n) is 3.80. The molecular weight excluding hydrogens is 304 g/mol. The fourth-order valence-electron chi connectivity index (χ4n) is 2.66. The summed E-state index contributed by atoms with van der Waals surface area (Å²) in [6.07, 6.45) is 0.422. The smallest absolute Gasteiger partial charge is 0.224 e.